The molecule has 0 saturated carbocycles. The van der Waals surface area contributed by atoms with Gasteiger partial charge in [0.1, 0.15) is 24.8 Å². The van der Waals surface area contributed by atoms with Crippen molar-refractivity contribution in [2.75, 3.05) is 49.8 Å². The fourth-order valence-electron chi connectivity index (χ4n) is 3.58. The molecule has 4 heterocycles. The Morgan fingerprint density at radius 3 is 2.85 bits per heavy atom. The molecule has 1 fully saturated rings. The van der Waals surface area contributed by atoms with Gasteiger partial charge in [0.05, 0.1) is 25.6 Å². The average molecular weight is 460 g/mol. The summed E-state index contributed by atoms with van der Waals surface area (Å²) in [5, 5.41) is 5.48. The lowest BCUT2D eigenvalue weighted by molar-refractivity contribution is 0.122. The summed E-state index contributed by atoms with van der Waals surface area (Å²) in [4.78, 5) is 18.4. The van der Waals surface area contributed by atoms with E-state index in [1.54, 1.807) is 18.6 Å². The normalized spacial score (nSPS) is 13.9. The molecule has 1 aromatic carbocycles. The molecule has 174 valence electrons. The van der Waals surface area contributed by atoms with Crippen LogP contribution in [-0.4, -0.2) is 65.7 Å². The Balaban J connectivity index is 1.27. The van der Waals surface area contributed by atoms with Crippen LogP contribution >= 0.6 is 0 Å². The van der Waals surface area contributed by atoms with Gasteiger partial charge < -0.3 is 24.1 Å². The molecular formula is C24H25N7O3. The Hall–Kier alpha value is -4.18. The quantitative estimate of drug-likeness (QED) is 0.223. The van der Waals surface area contributed by atoms with Gasteiger partial charge in [-0.05, 0) is 18.2 Å². The number of benzene rings is 1. The number of fused-ring (bicyclic) bond motifs is 1. The van der Waals surface area contributed by atoms with Crippen molar-refractivity contribution < 1.29 is 14.2 Å². The smallest absolute Gasteiger partial charge is 0.320 e. The molecule has 4 aromatic rings. The molecule has 0 bridgehead atoms. The van der Waals surface area contributed by atoms with Gasteiger partial charge in [-0.3, -0.25) is 10.4 Å². The number of hydrazone groups is 1. The van der Waals surface area contributed by atoms with Crippen molar-refractivity contribution in [1.29, 1.82) is 0 Å². The van der Waals surface area contributed by atoms with Crippen LogP contribution in [0.1, 0.15) is 5.56 Å². The van der Waals surface area contributed by atoms with Crippen molar-refractivity contribution in [2.24, 2.45) is 5.10 Å². The van der Waals surface area contributed by atoms with Gasteiger partial charge in [0, 0.05) is 48.0 Å². The van der Waals surface area contributed by atoms with Crippen LogP contribution in [0.25, 0.3) is 10.9 Å². The predicted molar refractivity (Wildman–Crippen MR) is 130 cm³/mol. The topological polar surface area (TPSA) is 110 Å². The number of hydrogen-bond acceptors (Lipinski definition) is 9. The number of aromatic amines is 1. The van der Waals surface area contributed by atoms with Gasteiger partial charge in [-0.25, -0.2) is 0 Å². The third kappa shape index (κ3) is 5.41. The minimum absolute atomic E-state index is 0.253. The van der Waals surface area contributed by atoms with Crippen molar-refractivity contribution in [2.45, 2.75) is 0 Å². The Bertz CT molecular complexity index is 1240. The van der Waals surface area contributed by atoms with Gasteiger partial charge >= 0.3 is 6.01 Å². The summed E-state index contributed by atoms with van der Waals surface area (Å²) in [6, 6.07) is 13.8. The molecule has 10 heteroatoms. The predicted octanol–water partition coefficient (Wildman–Crippen LogP) is 3.09. The molecular weight excluding hydrogens is 434 g/mol. The monoisotopic (exact) mass is 459 g/mol. The van der Waals surface area contributed by atoms with Gasteiger partial charge in [-0.2, -0.15) is 15.1 Å². The van der Waals surface area contributed by atoms with E-state index in [-0.39, 0.29) is 6.01 Å². The summed E-state index contributed by atoms with van der Waals surface area (Å²) in [7, 11) is 0. The molecule has 0 aliphatic carbocycles. The van der Waals surface area contributed by atoms with E-state index in [0.717, 1.165) is 35.4 Å². The van der Waals surface area contributed by atoms with E-state index in [9.17, 15) is 0 Å². The number of nitrogens with zero attached hydrogens (tertiary/aromatic N) is 5. The molecule has 3 aromatic heterocycles. The summed E-state index contributed by atoms with van der Waals surface area (Å²) < 4.78 is 16.9. The highest BCUT2D eigenvalue weighted by Crippen LogP contribution is 2.21. The van der Waals surface area contributed by atoms with E-state index >= 15 is 0 Å². The minimum atomic E-state index is 0.253. The fourth-order valence-corrected chi connectivity index (χ4v) is 3.58. The number of hydrogen-bond donors (Lipinski definition) is 2. The van der Waals surface area contributed by atoms with E-state index in [0.29, 0.717) is 38.0 Å². The number of rotatable bonds is 9. The molecule has 0 unspecified atom stereocenters. The van der Waals surface area contributed by atoms with Crippen LogP contribution in [0.4, 0.5) is 11.6 Å². The van der Waals surface area contributed by atoms with Gasteiger partial charge in [0.2, 0.25) is 0 Å². The van der Waals surface area contributed by atoms with Crippen LogP contribution in [0.15, 0.2) is 66.2 Å². The fraction of sp³-hybridized carbons (Fsp3) is 0.250. The zero-order valence-corrected chi connectivity index (χ0v) is 18.6. The lowest BCUT2D eigenvalue weighted by Gasteiger charge is -2.28. The van der Waals surface area contributed by atoms with Gasteiger partial charge in [-0.1, -0.05) is 18.2 Å². The molecule has 0 atom stereocenters. The second kappa shape index (κ2) is 10.6. The van der Waals surface area contributed by atoms with Crippen LogP contribution in [-0.2, 0) is 4.74 Å². The molecule has 1 aliphatic heterocycles. The Morgan fingerprint density at radius 1 is 1.09 bits per heavy atom. The first kappa shape index (κ1) is 21.7. The molecule has 0 spiro atoms. The number of ether oxygens (including phenoxy) is 3. The summed E-state index contributed by atoms with van der Waals surface area (Å²) >= 11 is 0. The first-order valence-electron chi connectivity index (χ1n) is 11.1. The van der Waals surface area contributed by atoms with Crippen LogP contribution in [0.3, 0.4) is 0 Å². The number of morpholine rings is 1. The van der Waals surface area contributed by atoms with Crippen molar-refractivity contribution in [3.05, 3.63) is 66.6 Å². The second-order valence-electron chi connectivity index (χ2n) is 7.54. The van der Waals surface area contributed by atoms with Crippen LogP contribution in [0, 0.1) is 0 Å². The summed E-state index contributed by atoms with van der Waals surface area (Å²) in [5.41, 5.74) is 5.05. The lowest BCUT2D eigenvalue weighted by Crippen LogP contribution is -2.36. The maximum Gasteiger partial charge on any atom is 0.320 e. The number of anilines is 2. The van der Waals surface area contributed by atoms with Crippen molar-refractivity contribution in [1.82, 2.24) is 19.9 Å². The van der Waals surface area contributed by atoms with Gasteiger partial charge in [0.15, 0.2) is 5.82 Å². The van der Waals surface area contributed by atoms with E-state index in [2.05, 4.69) is 35.4 Å². The zero-order chi connectivity index (χ0) is 23.0. The Kier molecular flexibility index (Phi) is 6.77. The first-order valence-corrected chi connectivity index (χ1v) is 11.1. The third-order valence-corrected chi connectivity index (χ3v) is 5.25. The summed E-state index contributed by atoms with van der Waals surface area (Å²) in [5.74, 6) is 1.98. The molecule has 0 radical (unpaired) electrons. The number of nitrogens with one attached hydrogen (secondary N) is 2. The van der Waals surface area contributed by atoms with Crippen LogP contribution < -0.4 is 19.8 Å². The Morgan fingerprint density at radius 2 is 1.97 bits per heavy atom. The molecule has 0 amide bonds. The van der Waals surface area contributed by atoms with Crippen molar-refractivity contribution in [3.8, 4) is 11.8 Å². The number of pyridine rings is 1. The summed E-state index contributed by atoms with van der Waals surface area (Å²) in [6.45, 7) is 3.44. The maximum absolute atomic E-state index is 5.79. The zero-order valence-electron chi connectivity index (χ0n) is 18.6. The Labute approximate surface area is 196 Å². The molecule has 34 heavy (non-hydrogen) atoms. The maximum atomic E-state index is 5.79. The van der Waals surface area contributed by atoms with E-state index in [1.165, 1.54) is 0 Å². The molecule has 1 aliphatic rings. The number of aromatic nitrogens is 4. The molecule has 1 saturated heterocycles. The van der Waals surface area contributed by atoms with E-state index in [4.69, 9.17) is 14.2 Å². The third-order valence-electron chi connectivity index (χ3n) is 5.25. The van der Waals surface area contributed by atoms with Crippen LogP contribution in [0.5, 0.6) is 11.8 Å². The minimum Gasteiger partial charge on any atom is -0.488 e. The van der Waals surface area contributed by atoms with Gasteiger partial charge in [-0.15, -0.1) is 0 Å². The van der Waals surface area contributed by atoms with Gasteiger partial charge in [0.25, 0.3) is 0 Å². The van der Waals surface area contributed by atoms with E-state index in [1.807, 2.05) is 48.7 Å². The standard InChI is InChI=1S/C24H25N7O3/c1-2-6-21-20(5-1)18(15-26-21)16-27-30-22-14-23(31-8-10-32-11-9-31)29-24(28-22)34-13-12-33-19-4-3-7-25-17-19/h1-7,14-17,26H,8-13H2,(H,28,29,30). The summed E-state index contributed by atoms with van der Waals surface area (Å²) in [6.07, 6.45) is 7.04. The largest absolute Gasteiger partial charge is 0.488 e. The first-order chi connectivity index (χ1) is 16.8. The second-order valence-corrected chi connectivity index (χ2v) is 7.54. The van der Waals surface area contributed by atoms with Crippen molar-refractivity contribution in [3.63, 3.8) is 0 Å². The average Bonchev–Trinajstić information content (AvgIpc) is 3.31. The van der Waals surface area contributed by atoms with E-state index < -0.39 is 0 Å². The number of para-hydroxylation sites is 1. The highest BCUT2D eigenvalue weighted by molar-refractivity contribution is 5.99. The SMILES string of the molecule is C(=NNc1cc(N2CCOCC2)nc(OCCOc2cccnc2)n1)c1c[nH]c2ccccc12. The van der Waals surface area contributed by atoms with Crippen LogP contribution in [0.2, 0.25) is 0 Å². The molecule has 10 nitrogen and oxygen atoms in total. The van der Waals surface area contributed by atoms with Crippen molar-refractivity contribution >= 4 is 28.8 Å². The lowest BCUT2D eigenvalue weighted by atomic mass is 10.2. The molecule has 2 N–H and O–H groups in total. The number of H-pyrrole nitrogens is 1. The highest BCUT2D eigenvalue weighted by Gasteiger charge is 2.15. The molecule has 5 rings (SSSR count). The highest BCUT2D eigenvalue weighted by atomic mass is 16.5.